The van der Waals surface area contributed by atoms with E-state index in [0.717, 1.165) is 10.6 Å². The summed E-state index contributed by atoms with van der Waals surface area (Å²) in [4.78, 5) is 0. The Morgan fingerprint density at radius 2 is 1.83 bits per heavy atom. The summed E-state index contributed by atoms with van der Waals surface area (Å²) < 4.78 is 0. The van der Waals surface area contributed by atoms with Gasteiger partial charge in [-0.15, -0.1) is 0 Å². The third kappa shape index (κ3) is 3.19. The van der Waals surface area contributed by atoms with Crippen LogP contribution in [-0.4, -0.2) is 6.29 Å². The molecule has 5 N–H and O–H groups in total. The van der Waals surface area contributed by atoms with E-state index in [1.54, 1.807) is 0 Å². The molecule has 0 saturated heterocycles. The molecule has 0 fully saturated rings. The number of rotatable bonds is 3. The van der Waals surface area contributed by atoms with Crippen molar-refractivity contribution in [2.24, 2.45) is 11.5 Å². The average Bonchev–Trinajstić information content (AvgIpc) is 2.03. The largest absolute Gasteiger partial charge is 0.304 e. The van der Waals surface area contributed by atoms with Gasteiger partial charge in [0, 0.05) is 11.6 Å². The molecule has 0 aliphatic heterocycles. The third-order valence-electron chi connectivity index (χ3n) is 1.46. The maximum Gasteiger partial charge on any atom is 0.107 e. The van der Waals surface area contributed by atoms with Crippen LogP contribution in [0.15, 0.2) is 24.3 Å². The smallest absolute Gasteiger partial charge is 0.107 e. The second kappa shape index (κ2) is 4.42. The van der Waals surface area contributed by atoms with Gasteiger partial charge < -0.3 is 11.5 Å². The first-order valence-corrected chi connectivity index (χ1v) is 4.05. The van der Waals surface area contributed by atoms with E-state index in [1.807, 2.05) is 24.3 Å². The van der Waals surface area contributed by atoms with E-state index in [1.165, 1.54) is 0 Å². The van der Waals surface area contributed by atoms with Gasteiger partial charge in [-0.05, 0) is 17.7 Å². The van der Waals surface area contributed by atoms with Crippen LogP contribution in [0.2, 0.25) is 5.02 Å². The Morgan fingerprint density at radius 1 is 1.25 bits per heavy atom. The quantitative estimate of drug-likeness (QED) is 0.606. The van der Waals surface area contributed by atoms with Gasteiger partial charge in [-0.1, -0.05) is 23.7 Å². The van der Waals surface area contributed by atoms with Crippen LogP contribution < -0.4 is 16.8 Å². The van der Waals surface area contributed by atoms with Gasteiger partial charge in [-0.2, -0.15) is 0 Å². The van der Waals surface area contributed by atoms with Gasteiger partial charge in [0.15, 0.2) is 0 Å². The fraction of sp³-hybridized carbons (Fsp3) is 0.250. The topological polar surface area (TPSA) is 64.1 Å². The van der Waals surface area contributed by atoms with Crippen LogP contribution in [0.1, 0.15) is 5.56 Å². The van der Waals surface area contributed by atoms with Crippen molar-refractivity contribution in [3.63, 3.8) is 0 Å². The fourth-order valence-electron chi connectivity index (χ4n) is 0.838. The molecule has 0 saturated carbocycles. The molecule has 1 rings (SSSR count). The Labute approximate surface area is 76.7 Å². The van der Waals surface area contributed by atoms with Gasteiger partial charge in [0.05, 0.1) is 0 Å². The molecular formula is C8H12ClN3. The molecule has 0 radical (unpaired) electrons. The minimum Gasteiger partial charge on any atom is -0.304 e. The number of halogens is 1. The van der Waals surface area contributed by atoms with Gasteiger partial charge in [0.25, 0.3) is 0 Å². The SMILES string of the molecule is NC(N)NCc1ccc(Cl)cc1. The molecule has 0 heterocycles. The molecule has 0 aromatic heterocycles. The van der Waals surface area contributed by atoms with E-state index < -0.39 is 6.29 Å². The minimum atomic E-state index is -0.472. The first kappa shape index (κ1) is 9.48. The molecule has 0 atom stereocenters. The maximum atomic E-state index is 5.70. The van der Waals surface area contributed by atoms with E-state index >= 15 is 0 Å². The Morgan fingerprint density at radius 3 is 2.33 bits per heavy atom. The van der Waals surface area contributed by atoms with E-state index in [0.29, 0.717) is 6.54 Å². The van der Waals surface area contributed by atoms with Crippen LogP contribution in [0.4, 0.5) is 0 Å². The van der Waals surface area contributed by atoms with Crippen molar-refractivity contribution in [1.82, 2.24) is 5.32 Å². The molecule has 66 valence electrons. The zero-order valence-electron chi connectivity index (χ0n) is 6.63. The van der Waals surface area contributed by atoms with Crippen molar-refractivity contribution >= 4 is 11.6 Å². The Balaban J connectivity index is 2.48. The summed E-state index contributed by atoms with van der Waals surface area (Å²) in [6, 6.07) is 7.52. The highest BCUT2D eigenvalue weighted by Crippen LogP contribution is 2.08. The highest BCUT2D eigenvalue weighted by Gasteiger charge is 1.94. The Bertz CT molecular complexity index is 233. The zero-order valence-corrected chi connectivity index (χ0v) is 7.38. The summed E-state index contributed by atoms with van der Waals surface area (Å²) >= 11 is 5.70. The molecule has 0 aliphatic rings. The number of benzene rings is 1. The molecule has 3 nitrogen and oxygen atoms in total. The van der Waals surface area contributed by atoms with E-state index in [4.69, 9.17) is 23.1 Å². The van der Waals surface area contributed by atoms with Gasteiger partial charge in [-0.3, -0.25) is 5.32 Å². The minimum absolute atomic E-state index is 0.472. The van der Waals surface area contributed by atoms with Crippen molar-refractivity contribution < 1.29 is 0 Å². The highest BCUT2D eigenvalue weighted by atomic mass is 35.5. The standard InChI is InChI=1S/C8H12ClN3/c9-7-3-1-6(2-4-7)5-12-8(10)11/h1-4,8,12H,5,10-11H2. The molecule has 0 amide bonds. The van der Waals surface area contributed by atoms with E-state index in [9.17, 15) is 0 Å². The molecular weight excluding hydrogens is 174 g/mol. The fourth-order valence-corrected chi connectivity index (χ4v) is 0.964. The summed E-state index contributed by atoms with van der Waals surface area (Å²) in [5.41, 5.74) is 11.7. The van der Waals surface area contributed by atoms with Gasteiger partial charge in [-0.25, -0.2) is 0 Å². The predicted octanol–water partition coefficient (Wildman–Crippen LogP) is 0.631. The molecule has 12 heavy (non-hydrogen) atoms. The van der Waals surface area contributed by atoms with Crippen LogP contribution in [0.5, 0.6) is 0 Å². The molecule has 1 aromatic rings. The number of nitrogens with one attached hydrogen (secondary N) is 1. The van der Waals surface area contributed by atoms with Gasteiger partial charge >= 0.3 is 0 Å². The van der Waals surface area contributed by atoms with Crippen LogP contribution >= 0.6 is 11.6 Å². The van der Waals surface area contributed by atoms with Crippen molar-refractivity contribution in [3.8, 4) is 0 Å². The van der Waals surface area contributed by atoms with Gasteiger partial charge in [0.1, 0.15) is 6.29 Å². The second-order valence-corrected chi connectivity index (χ2v) is 2.97. The number of hydrogen-bond donors (Lipinski definition) is 3. The normalized spacial score (nSPS) is 10.7. The van der Waals surface area contributed by atoms with E-state index in [2.05, 4.69) is 5.32 Å². The summed E-state index contributed by atoms with van der Waals surface area (Å²) in [5, 5.41) is 3.63. The monoisotopic (exact) mass is 185 g/mol. The summed E-state index contributed by atoms with van der Waals surface area (Å²) in [6.07, 6.45) is -0.472. The van der Waals surface area contributed by atoms with Gasteiger partial charge in [0.2, 0.25) is 0 Å². The van der Waals surface area contributed by atoms with Crippen LogP contribution in [0.3, 0.4) is 0 Å². The summed E-state index contributed by atoms with van der Waals surface area (Å²) in [6.45, 7) is 0.662. The average molecular weight is 186 g/mol. The Hall–Kier alpha value is -0.610. The molecule has 1 aromatic carbocycles. The van der Waals surface area contributed by atoms with Crippen molar-refractivity contribution in [1.29, 1.82) is 0 Å². The first-order chi connectivity index (χ1) is 5.68. The van der Waals surface area contributed by atoms with Crippen molar-refractivity contribution in [2.45, 2.75) is 12.8 Å². The molecule has 0 aliphatic carbocycles. The van der Waals surface area contributed by atoms with Crippen LogP contribution in [-0.2, 0) is 6.54 Å². The third-order valence-corrected chi connectivity index (χ3v) is 1.71. The molecule has 0 spiro atoms. The lowest BCUT2D eigenvalue weighted by Crippen LogP contribution is -2.44. The highest BCUT2D eigenvalue weighted by molar-refractivity contribution is 6.30. The second-order valence-electron chi connectivity index (χ2n) is 2.53. The van der Waals surface area contributed by atoms with Crippen molar-refractivity contribution in [2.75, 3.05) is 0 Å². The maximum absolute atomic E-state index is 5.70. The van der Waals surface area contributed by atoms with Crippen molar-refractivity contribution in [3.05, 3.63) is 34.9 Å². The first-order valence-electron chi connectivity index (χ1n) is 3.67. The summed E-state index contributed by atoms with van der Waals surface area (Å²) in [5.74, 6) is 0. The lowest BCUT2D eigenvalue weighted by molar-refractivity contribution is 0.545. The lowest BCUT2D eigenvalue weighted by atomic mass is 10.2. The molecule has 0 bridgehead atoms. The zero-order chi connectivity index (χ0) is 8.97. The lowest BCUT2D eigenvalue weighted by Gasteiger charge is -2.07. The Kier molecular flexibility index (Phi) is 3.49. The molecule has 0 unspecified atom stereocenters. The van der Waals surface area contributed by atoms with E-state index in [-0.39, 0.29) is 0 Å². The van der Waals surface area contributed by atoms with Crippen LogP contribution in [0, 0.1) is 0 Å². The summed E-state index contributed by atoms with van der Waals surface area (Å²) in [7, 11) is 0. The number of hydrogen-bond acceptors (Lipinski definition) is 3. The van der Waals surface area contributed by atoms with Crippen LogP contribution in [0.25, 0.3) is 0 Å². The molecule has 4 heteroatoms. The number of nitrogens with two attached hydrogens (primary N) is 2. The predicted molar refractivity (Wildman–Crippen MR) is 50.5 cm³/mol.